The Morgan fingerprint density at radius 3 is 2.55 bits per heavy atom. The van der Waals surface area contributed by atoms with Crippen molar-refractivity contribution in [3.8, 4) is 5.69 Å². The summed E-state index contributed by atoms with van der Waals surface area (Å²) in [5.41, 5.74) is 0.420. The summed E-state index contributed by atoms with van der Waals surface area (Å²) in [4.78, 5) is 12.0. The van der Waals surface area contributed by atoms with Crippen molar-refractivity contribution < 1.29 is 13.2 Å². The molecule has 20 heavy (non-hydrogen) atoms. The molecule has 0 unspecified atom stereocenters. The van der Waals surface area contributed by atoms with Gasteiger partial charge in [0.2, 0.25) is 0 Å². The average molecular weight is 291 g/mol. The number of nitrogens with zero attached hydrogens (tertiary/aromatic N) is 1. The molecule has 3 rings (SSSR count). The van der Waals surface area contributed by atoms with Gasteiger partial charge in [0, 0.05) is 0 Å². The van der Waals surface area contributed by atoms with E-state index in [1.807, 2.05) is 0 Å². The molecule has 0 aliphatic carbocycles. The second-order valence-electron chi connectivity index (χ2n) is 4.13. The van der Waals surface area contributed by atoms with E-state index >= 15 is 0 Å². The molecular formula is C14H7F2NO2S. The molecule has 0 aliphatic heterocycles. The highest BCUT2D eigenvalue weighted by molar-refractivity contribution is 7.71. The fourth-order valence-corrected chi connectivity index (χ4v) is 2.28. The van der Waals surface area contributed by atoms with E-state index in [0.717, 1.165) is 10.6 Å². The monoisotopic (exact) mass is 291 g/mol. The molecule has 0 N–H and O–H groups in total. The second-order valence-corrected chi connectivity index (χ2v) is 4.52. The van der Waals surface area contributed by atoms with Crippen LogP contribution in [0, 0.1) is 16.3 Å². The van der Waals surface area contributed by atoms with Crippen LogP contribution in [0.2, 0.25) is 0 Å². The number of hydrogen-bond acceptors (Lipinski definition) is 3. The molecule has 0 saturated carbocycles. The Hall–Kier alpha value is -2.34. The summed E-state index contributed by atoms with van der Waals surface area (Å²) in [6.45, 7) is 0. The van der Waals surface area contributed by atoms with Crippen LogP contribution in [0.1, 0.15) is 0 Å². The quantitative estimate of drug-likeness (QED) is 0.643. The van der Waals surface area contributed by atoms with Crippen LogP contribution in [-0.4, -0.2) is 4.57 Å². The minimum absolute atomic E-state index is 0.0707. The molecule has 0 fully saturated rings. The predicted octanol–water partition coefficient (Wildman–Crippen LogP) is 3.59. The zero-order valence-corrected chi connectivity index (χ0v) is 10.8. The highest BCUT2D eigenvalue weighted by Gasteiger charge is 2.10. The summed E-state index contributed by atoms with van der Waals surface area (Å²) in [7, 11) is 0. The first kappa shape index (κ1) is 12.7. The largest absolute Gasteiger partial charge is 0.425 e. The van der Waals surface area contributed by atoms with Crippen LogP contribution in [0.15, 0.2) is 51.7 Å². The summed E-state index contributed by atoms with van der Waals surface area (Å²) in [6, 6.07) is 9.04. The van der Waals surface area contributed by atoms with E-state index in [1.165, 1.54) is 36.4 Å². The maximum Gasteiger partial charge on any atom is 0.425 e. The zero-order valence-electron chi connectivity index (χ0n) is 9.97. The number of fused-ring (bicyclic) bond motifs is 1. The molecule has 3 nitrogen and oxygen atoms in total. The molecule has 0 radical (unpaired) electrons. The Morgan fingerprint density at radius 2 is 1.80 bits per heavy atom. The van der Waals surface area contributed by atoms with Crippen LogP contribution >= 0.6 is 12.2 Å². The van der Waals surface area contributed by atoms with Crippen molar-refractivity contribution in [1.82, 2.24) is 4.57 Å². The molecule has 0 bridgehead atoms. The van der Waals surface area contributed by atoms with E-state index in [2.05, 4.69) is 0 Å². The molecule has 0 spiro atoms. The smallest absolute Gasteiger partial charge is 0.409 e. The van der Waals surface area contributed by atoms with E-state index in [4.69, 9.17) is 16.6 Å². The van der Waals surface area contributed by atoms with E-state index in [0.29, 0.717) is 0 Å². The minimum atomic E-state index is -0.750. The Kier molecular flexibility index (Phi) is 2.94. The van der Waals surface area contributed by atoms with Crippen molar-refractivity contribution in [3.05, 3.63) is 69.3 Å². The number of hydrogen-bond donors (Lipinski definition) is 0. The van der Waals surface area contributed by atoms with Crippen LogP contribution in [-0.2, 0) is 0 Å². The van der Waals surface area contributed by atoms with Gasteiger partial charge in [0.25, 0.3) is 0 Å². The molecule has 0 atom stereocenters. The fraction of sp³-hybridized carbons (Fsp3) is 0. The lowest BCUT2D eigenvalue weighted by atomic mass is 10.2. The number of aromatic nitrogens is 1. The highest BCUT2D eigenvalue weighted by atomic mass is 32.1. The molecule has 0 saturated heterocycles. The summed E-state index contributed by atoms with van der Waals surface area (Å²) < 4.78 is 32.7. The third kappa shape index (κ3) is 2.04. The molecule has 2 aromatic carbocycles. The Morgan fingerprint density at radius 1 is 1.05 bits per heavy atom. The van der Waals surface area contributed by atoms with Gasteiger partial charge in [0.1, 0.15) is 21.9 Å². The number of halogens is 2. The van der Waals surface area contributed by atoms with E-state index < -0.39 is 17.4 Å². The molecule has 0 aliphatic rings. The van der Waals surface area contributed by atoms with Gasteiger partial charge in [-0.2, -0.15) is 0 Å². The number of benzene rings is 2. The van der Waals surface area contributed by atoms with Crippen molar-refractivity contribution in [2.24, 2.45) is 0 Å². The van der Waals surface area contributed by atoms with E-state index in [-0.39, 0.29) is 21.3 Å². The van der Waals surface area contributed by atoms with Crippen molar-refractivity contribution in [2.45, 2.75) is 0 Å². The van der Waals surface area contributed by atoms with Gasteiger partial charge in [-0.1, -0.05) is 18.3 Å². The topological polar surface area (TPSA) is 35.1 Å². The normalized spacial score (nSPS) is 10.9. The van der Waals surface area contributed by atoms with Crippen LogP contribution in [0.25, 0.3) is 16.7 Å². The first-order valence-electron chi connectivity index (χ1n) is 5.67. The SMILES string of the molecule is O=c1oc2ccc(F)cc2c(=S)n1-c1cccc(F)c1. The van der Waals surface area contributed by atoms with E-state index in [9.17, 15) is 13.6 Å². The highest BCUT2D eigenvalue weighted by Crippen LogP contribution is 2.18. The standard InChI is InChI=1S/C14H7F2NO2S/c15-8-2-1-3-10(6-8)17-13(20)11-7-9(16)4-5-12(11)19-14(17)18/h1-7H. The summed E-state index contributed by atoms with van der Waals surface area (Å²) in [5, 5.41) is 0.281. The van der Waals surface area contributed by atoms with Gasteiger partial charge in [-0.3, -0.25) is 0 Å². The molecule has 6 heteroatoms. The molecule has 1 heterocycles. The fourth-order valence-electron chi connectivity index (χ4n) is 1.94. The van der Waals surface area contributed by atoms with E-state index in [1.54, 1.807) is 0 Å². The second kappa shape index (κ2) is 4.64. The Bertz CT molecular complexity index is 930. The lowest BCUT2D eigenvalue weighted by Crippen LogP contribution is -2.18. The summed E-state index contributed by atoms with van der Waals surface area (Å²) in [5.74, 6) is -1.76. The maximum atomic E-state index is 13.3. The summed E-state index contributed by atoms with van der Waals surface area (Å²) >= 11 is 5.18. The van der Waals surface area contributed by atoms with Crippen LogP contribution < -0.4 is 5.76 Å². The third-order valence-electron chi connectivity index (χ3n) is 2.82. The molecular weight excluding hydrogens is 284 g/mol. The molecule has 100 valence electrons. The summed E-state index contributed by atoms with van der Waals surface area (Å²) in [6.07, 6.45) is 0. The van der Waals surface area contributed by atoms with Crippen molar-refractivity contribution in [1.29, 1.82) is 0 Å². The number of rotatable bonds is 1. The molecule has 3 aromatic rings. The lowest BCUT2D eigenvalue weighted by Gasteiger charge is -2.07. The predicted molar refractivity (Wildman–Crippen MR) is 72.6 cm³/mol. The zero-order chi connectivity index (χ0) is 14.3. The van der Waals surface area contributed by atoms with Crippen molar-refractivity contribution in [3.63, 3.8) is 0 Å². The lowest BCUT2D eigenvalue weighted by molar-refractivity contribution is 0.505. The first-order chi connectivity index (χ1) is 9.56. The van der Waals surface area contributed by atoms with Gasteiger partial charge < -0.3 is 4.42 Å². The van der Waals surface area contributed by atoms with Gasteiger partial charge in [0.15, 0.2) is 0 Å². The molecule has 0 amide bonds. The first-order valence-corrected chi connectivity index (χ1v) is 6.08. The van der Waals surface area contributed by atoms with Crippen LogP contribution in [0.4, 0.5) is 8.78 Å². The van der Waals surface area contributed by atoms with Gasteiger partial charge >= 0.3 is 5.76 Å². The van der Waals surface area contributed by atoms with Gasteiger partial charge in [-0.05, 0) is 36.4 Å². The van der Waals surface area contributed by atoms with Gasteiger partial charge in [-0.25, -0.2) is 18.1 Å². The van der Waals surface area contributed by atoms with Crippen molar-refractivity contribution in [2.75, 3.05) is 0 Å². The van der Waals surface area contributed by atoms with Crippen LogP contribution in [0.5, 0.6) is 0 Å². The van der Waals surface area contributed by atoms with Crippen LogP contribution in [0.3, 0.4) is 0 Å². The average Bonchev–Trinajstić information content (AvgIpc) is 2.40. The minimum Gasteiger partial charge on any atom is -0.409 e. The van der Waals surface area contributed by atoms with Gasteiger partial charge in [0.05, 0.1) is 11.1 Å². The maximum absolute atomic E-state index is 13.3. The Labute approximate surface area is 116 Å². The third-order valence-corrected chi connectivity index (χ3v) is 3.22. The van der Waals surface area contributed by atoms with Gasteiger partial charge in [-0.15, -0.1) is 0 Å². The Balaban J connectivity index is 2.42. The molecule has 1 aromatic heterocycles. The van der Waals surface area contributed by atoms with Crippen molar-refractivity contribution >= 4 is 23.2 Å².